The molecule has 2 aromatic rings. The Kier molecular flexibility index (Phi) is 4.52. The molecule has 0 bridgehead atoms. The topological polar surface area (TPSA) is 81.4 Å². The first-order valence-electron chi connectivity index (χ1n) is 6.50. The zero-order valence-electron chi connectivity index (χ0n) is 12.5. The molecule has 0 aliphatic carbocycles. The van der Waals surface area contributed by atoms with Crippen molar-refractivity contribution < 1.29 is 27.2 Å². The van der Waals surface area contributed by atoms with Gasteiger partial charge in [0.05, 0.1) is 6.20 Å². The highest BCUT2D eigenvalue weighted by Crippen LogP contribution is 2.29. The first-order valence-corrected chi connectivity index (χ1v) is 6.50. The number of ether oxygens (including phenoxy) is 1. The van der Waals surface area contributed by atoms with Gasteiger partial charge in [-0.2, -0.15) is 18.2 Å². The molecule has 0 radical (unpaired) electrons. The summed E-state index contributed by atoms with van der Waals surface area (Å²) < 4.78 is 46.3. The number of halogens is 3. The van der Waals surface area contributed by atoms with Gasteiger partial charge in [-0.05, 0) is 26.0 Å². The fraction of sp³-hybridized carbons (Fsp3) is 0.385. The molecular weight excluding hydrogens is 317 g/mol. The summed E-state index contributed by atoms with van der Waals surface area (Å²) in [5.74, 6) is -1.62. The van der Waals surface area contributed by atoms with E-state index in [-0.39, 0.29) is 23.3 Å². The van der Waals surface area contributed by atoms with E-state index in [9.17, 15) is 18.0 Å². The van der Waals surface area contributed by atoms with Crippen LogP contribution in [0.3, 0.4) is 0 Å². The van der Waals surface area contributed by atoms with Crippen LogP contribution in [0, 0.1) is 0 Å². The Morgan fingerprint density at radius 1 is 1.35 bits per heavy atom. The van der Waals surface area contributed by atoms with Crippen LogP contribution in [0.15, 0.2) is 22.9 Å². The highest BCUT2D eigenvalue weighted by molar-refractivity contribution is 5.70. The number of aromatic nitrogens is 3. The Labute approximate surface area is 129 Å². The number of pyridine rings is 1. The molecule has 0 fully saturated rings. The highest BCUT2D eigenvalue weighted by atomic mass is 19.4. The van der Waals surface area contributed by atoms with Crippen molar-refractivity contribution in [2.45, 2.75) is 26.1 Å². The molecule has 7 nitrogen and oxygen atoms in total. The number of carbonyl (C=O) groups is 1. The summed E-state index contributed by atoms with van der Waals surface area (Å²) in [6.45, 7) is 3.63. The number of nitrogens with zero attached hydrogens (tertiary/aromatic N) is 4. The first-order chi connectivity index (χ1) is 10.7. The second-order valence-corrected chi connectivity index (χ2v) is 4.87. The van der Waals surface area contributed by atoms with Crippen molar-refractivity contribution in [2.75, 3.05) is 7.05 Å². The molecule has 0 saturated carbocycles. The van der Waals surface area contributed by atoms with E-state index in [0.717, 1.165) is 0 Å². The molecule has 1 amide bonds. The smallest absolute Gasteiger partial charge is 0.409 e. The minimum Gasteiger partial charge on any atom is -0.409 e. The van der Waals surface area contributed by atoms with E-state index in [1.165, 1.54) is 23.2 Å². The minimum absolute atomic E-state index is 0.0464. The average molecular weight is 330 g/mol. The van der Waals surface area contributed by atoms with Crippen LogP contribution in [-0.4, -0.2) is 39.2 Å². The second-order valence-electron chi connectivity index (χ2n) is 4.87. The average Bonchev–Trinajstić information content (AvgIpc) is 2.97. The molecule has 0 atom stereocenters. The molecule has 0 N–H and O–H groups in total. The number of alkyl halides is 3. The molecule has 2 aromatic heterocycles. The summed E-state index contributed by atoms with van der Waals surface area (Å²) in [6, 6.07) is 2.65. The maximum absolute atomic E-state index is 12.4. The Morgan fingerprint density at radius 3 is 2.52 bits per heavy atom. The summed E-state index contributed by atoms with van der Waals surface area (Å²) in [6.07, 6.45) is -4.11. The van der Waals surface area contributed by atoms with Gasteiger partial charge in [0.2, 0.25) is 5.82 Å². The molecule has 124 valence electrons. The quantitative estimate of drug-likeness (QED) is 0.860. The number of hydrogen-bond acceptors (Lipinski definition) is 6. The second kappa shape index (κ2) is 6.23. The maximum Gasteiger partial charge on any atom is 0.471 e. The summed E-state index contributed by atoms with van der Waals surface area (Å²) in [5, 5.41) is 3.21. The van der Waals surface area contributed by atoms with Gasteiger partial charge in [0, 0.05) is 13.1 Å². The summed E-state index contributed by atoms with van der Waals surface area (Å²) in [5.41, 5.74) is 0.0567. The fourth-order valence-electron chi connectivity index (χ4n) is 1.40. The Balaban J connectivity index is 2.11. The largest absolute Gasteiger partial charge is 0.471 e. The van der Waals surface area contributed by atoms with Crippen LogP contribution in [-0.2, 0) is 6.18 Å². The van der Waals surface area contributed by atoms with E-state index in [4.69, 9.17) is 4.74 Å². The molecule has 0 saturated heterocycles. The monoisotopic (exact) mass is 330 g/mol. The van der Waals surface area contributed by atoms with E-state index in [0.29, 0.717) is 0 Å². The fourth-order valence-corrected chi connectivity index (χ4v) is 1.40. The van der Waals surface area contributed by atoms with Gasteiger partial charge in [-0.3, -0.25) is 0 Å². The lowest BCUT2D eigenvalue weighted by Crippen LogP contribution is -2.35. The lowest BCUT2D eigenvalue weighted by Gasteiger charge is -2.20. The van der Waals surface area contributed by atoms with Gasteiger partial charge >= 0.3 is 18.2 Å². The van der Waals surface area contributed by atoms with Gasteiger partial charge in [0.25, 0.3) is 0 Å². The number of rotatable bonds is 3. The van der Waals surface area contributed by atoms with Crippen molar-refractivity contribution in [3.63, 3.8) is 0 Å². The van der Waals surface area contributed by atoms with Gasteiger partial charge in [0.15, 0.2) is 5.75 Å². The first kappa shape index (κ1) is 16.7. The molecule has 0 aromatic carbocycles. The number of carbonyl (C=O) groups excluding carboxylic acids is 1. The number of hydrogen-bond donors (Lipinski definition) is 0. The van der Waals surface area contributed by atoms with Gasteiger partial charge in [-0.1, -0.05) is 5.16 Å². The SMILES string of the molecule is CC(C)N(C)C(=O)Oc1ccc(-c2noc(C(F)(F)F)n2)nc1. The van der Waals surface area contributed by atoms with Crippen molar-refractivity contribution in [1.29, 1.82) is 0 Å². The van der Waals surface area contributed by atoms with E-state index >= 15 is 0 Å². The molecule has 0 spiro atoms. The van der Waals surface area contributed by atoms with E-state index < -0.39 is 18.2 Å². The van der Waals surface area contributed by atoms with Crippen molar-refractivity contribution >= 4 is 6.09 Å². The van der Waals surface area contributed by atoms with Gasteiger partial charge in [0.1, 0.15) is 5.69 Å². The standard InChI is InChI=1S/C13H13F3N4O3/c1-7(2)20(3)12(21)22-8-4-5-9(17-6-8)10-18-11(23-19-10)13(14,15)16/h4-7H,1-3H3. The van der Waals surface area contributed by atoms with E-state index in [1.54, 1.807) is 7.05 Å². The predicted molar refractivity (Wildman–Crippen MR) is 71.5 cm³/mol. The number of amides is 1. The van der Waals surface area contributed by atoms with E-state index in [2.05, 4.69) is 19.6 Å². The Hall–Kier alpha value is -2.65. The summed E-state index contributed by atoms with van der Waals surface area (Å²) in [4.78, 5) is 20.2. The normalized spacial score (nSPS) is 11.6. The maximum atomic E-state index is 12.4. The van der Waals surface area contributed by atoms with Crippen LogP contribution < -0.4 is 4.74 Å². The third-order valence-electron chi connectivity index (χ3n) is 2.90. The zero-order chi connectivity index (χ0) is 17.2. The molecule has 0 aliphatic heterocycles. The van der Waals surface area contributed by atoms with Crippen molar-refractivity contribution in [3.05, 3.63) is 24.2 Å². The summed E-state index contributed by atoms with van der Waals surface area (Å²) in [7, 11) is 1.58. The predicted octanol–water partition coefficient (Wildman–Crippen LogP) is 2.99. The van der Waals surface area contributed by atoms with Crippen molar-refractivity contribution in [1.82, 2.24) is 20.0 Å². The Bertz CT molecular complexity index is 683. The summed E-state index contributed by atoms with van der Waals surface area (Å²) >= 11 is 0. The highest BCUT2D eigenvalue weighted by Gasteiger charge is 2.38. The van der Waals surface area contributed by atoms with Crippen LogP contribution in [0.1, 0.15) is 19.7 Å². The van der Waals surface area contributed by atoms with Crippen LogP contribution in [0.5, 0.6) is 5.75 Å². The molecule has 10 heteroatoms. The van der Waals surface area contributed by atoms with Crippen molar-refractivity contribution in [2.24, 2.45) is 0 Å². The lowest BCUT2D eigenvalue weighted by atomic mass is 10.3. The van der Waals surface area contributed by atoms with Gasteiger partial charge < -0.3 is 14.2 Å². The third kappa shape index (κ3) is 3.96. The third-order valence-corrected chi connectivity index (χ3v) is 2.90. The zero-order valence-corrected chi connectivity index (χ0v) is 12.5. The van der Waals surface area contributed by atoms with Crippen LogP contribution in [0.2, 0.25) is 0 Å². The van der Waals surface area contributed by atoms with Crippen LogP contribution in [0.4, 0.5) is 18.0 Å². The van der Waals surface area contributed by atoms with E-state index in [1.807, 2.05) is 13.8 Å². The molecular formula is C13H13F3N4O3. The molecule has 0 unspecified atom stereocenters. The Morgan fingerprint density at radius 2 is 2.04 bits per heavy atom. The molecule has 2 rings (SSSR count). The van der Waals surface area contributed by atoms with Gasteiger partial charge in [-0.15, -0.1) is 0 Å². The molecule has 0 aliphatic rings. The van der Waals surface area contributed by atoms with Crippen LogP contribution in [0.25, 0.3) is 11.5 Å². The molecule has 23 heavy (non-hydrogen) atoms. The van der Waals surface area contributed by atoms with Gasteiger partial charge in [-0.25, -0.2) is 9.78 Å². The van der Waals surface area contributed by atoms with Crippen LogP contribution >= 0.6 is 0 Å². The minimum atomic E-state index is -4.72. The lowest BCUT2D eigenvalue weighted by molar-refractivity contribution is -0.159. The molecule has 2 heterocycles. The van der Waals surface area contributed by atoms with Crippen molar-refractivity contribution in [3.8, 4) is 17.3 Å².